The van der Waals surface area contributed by atoms with Gasteiger partial charge in [-0.2, -0.15) is 11.8 Å². The Morgan fingerprint density at radius 1 is 1.36 bits per heavy atom. The topological polar surface area (TPSA) is 75.4 Å². The fourth-order valence-electron chi connectivity index (χ4n) is 2.93. The molecule has 1 heterocycles. The summed E-state index contributed by atoms with van der Waals surface area (Å²) < 4.78 is 0. The van der Waals surface area contributed by atoms with Gasteiger partial charge in [0.25, 0.3) is 5.91 Å². The van der Waals surface area contributed by atoms with Gasteiger partial charge in [-0.1, -0.05) is 6.92 Å². The first-order valence-electron chi connectivity index (χ1n) is 8.87. The summed E-state index contributed by atoms with van der Waals surface area (Å²) in [5, 5.41) is 2.87. The van der Waals surface area contributed by atoms with E-state index in [0.717, 1.165) is 37.2 Å². The fraction of sp³-hybridized carbons (Fsp3) is 0.579. The van der Waals surface area contributed by atoms with Gasteiger partial charge in [0.1, 0.15) is 0 Å². The van der Waals surface area contributed by atoms with Crippen LogP contribution in [0.3, 0.4) is 0 Å². The van der Waals surface area contributed by atoms with Gasteiger partial charge in [-0.15, -0.1) is 0 Å². The van der Waals surface area contributed by atoms with Gasteiger partial charge in [-0.3, -0.25) is 9.59 Å². The van der Waals surface area contributed by atoms with Crippen LogP contribution in [0.4, 0.5) is 5.69 Å². The predicted molar refractivity (Wildman–Crippen MR) is 105 cm³/mol. The summed E-state index contributed by atoms with van der Waals surface area (Å²) in [4.78, 5) is 26.7. The number of thioether (sulfide) groups is 1. The Morgan fingerprint density at radius 3 is 2.64 bits per heavy atom. The molecule has 1 atom stereocenters. The van der Waals surface area contributed by atoms with Crippen molar-refractivity contribution < 1.29 is 9.59 Å². The maximum absolute atomic E-state index is 12.6. The highest BCUT2D eigenvalue weighted by atomic mass is 32.2. The van der Waals surface area contributed by atoms with Crippen molar-refractivity contribution >= 4 is 29.3 Å². The Hall–Kier alpha value is -1.53. The molecule has 25 heavy (non-hydrogen) atoms. The second kappa shape index (κ2) is 9.25. The lowest BCUT2D eigenvalue weighted by atomic mass is 9.98. The molecule has 1 aromatic carbocycles. The molecular formula is C19H29N3O2S. The molecule has 5 nitrogen and oxygen atoms in total. The second-order valence-corrected chi connectivity index (χ2v) is 7.87. The van der Waals surface area contributed by atoms with E-state index in [1.54, 1.807) is 23.9 Å². The van der Waals surface area contributed by atoms with E-state index in [1.165, 1.54) is 0 Å². The summed E-state index contributed by atoms with van der Waals surface area (Å²) in [6, 6.07) is 4.93. The highest BCUT2D eigenvalue weighted by molar-refractivity contribution is 7.98. The van der Waals surface area contributed by atoms with E-state index in [2.05, 4.69) is 12.2 Å². The van der Waals surface area contributed by atoms with E-state index in [9.17, 15) is 9.59 Å². The highest BCUT2D eigenvalue weighted by Crippen LogP contribution is 2.21. The second-order valence-electron chi connectivity index (χ2n) is 6.88. The normalized spacial score (nSPS) is 16.6. The Morgan fingerprint density at radius 2 is 2.04 bits per heavy atom. The van der Waals surface area contributed by atoms with Gasteiger partial charge < -0.3 is 16.0 Å². The molecule has 0 radical (unpaired) electrons. The van der Waals surface area contributed by atoms with Crippen molar-refractivity contribution in [3.8, 4) is 0 Å². The molecule has 0 aliphatic carbocycles. The van der Waals surface area contributed by atoms with Crippen molar-refractivity contribution in [3.63, 3.8) is 0 Å². The zero-order valence-electron chi connectivity index (χ0n) is 15.4. The van der Waals surface area contributed by atoms with E-state index in [-0.39, 0.29) is 11.8 Å². The van der Waals surface area contributed by atoms with E-state index in [4.69, 9.17) is 5.73 Å². The molecule has 0 aromatic heterocycles. The van der Waals surface area contributed by atoms with E-state index in [1.807, 2.05) is 24.1 Å². The van der Waals surface area contributed by atoms with Crippen LogP contribution in [0.2, 0.25) is 0 Å². The number of nitrogens with zero attached hydrogens (tertiary/aromatic N) is 1. The third-order valence-corrected chi connectivity index (χ3v) is 5.42. The number of carbonyl (C=O) groups excluding carboxylic acids is 2. The largest absolute Gasteiger partial charge is 0.339 e. The molecule has 1 aromatic rings. The molecule has 0 saturated carbocycles. The SMILES string of the molecule is CSCC[C@H](N)C(=O)Nc1ccc(C(=O)N2CCC(C)CC2)cc1C. The van der Waals surface area contributed by atoms with Gasteiger partial charge in [0.05, 0.1) is 6.04 Å². The van der Waals surface area contributed by atoms with Gasteiger partial charge in [0.15, 0.2) is 0 Å². The minimum absolute atomic E-state index is 0.0737. The molecule has 2 amide bonds. The number of rotatable bonds is 6. The molecular weight excluding hydrogens is 334 g/mol. The first-order chi connectivity index (χ1) is 11.9. The minimum atomic E-state index is -0.511. The van der Waals surface area contributed by atoms with Crippen molar-refractivity contribution in [3.05, 3.63) is 29.3 Å². The summed E-state index contributed by atoms with van der Waals surface area (Å²) in [7, 11) is 0. The van der Waals surface area contributed by atoms with Crippen LogP contribution in [0.1, 0.15) is 42.1 Å². The highest BCUT2D eigenvalue weighted by Gasteiger charge is 2.22. The van der Waals surface area contributed by atoms with Gasteiger partial charge >= 0.3 is 0 Å². The molecule has 1 fully saturated rings. The number of hydrogen-bond donors (Lipinski definition) is 2. The number of hydrogen-bond acceptors (Lipinski definition) is 4. The summed E-state index contributed by atoms with van der Waals surface area (Å²) >= 11 is 1.67. The predicted octanol–water partition coefficient (Wildman–Crippen LogP) is 2.89. The monoisotopic (exact) mass is 363 g/mol. The van der Waals surface area contributed by atoms with Crippen LogP contribution in [0.5, 0.6) is 0 Å². The number of amides is 2. The molecule has 0 bridgehead atoms. The van der Waals surface area contributed by atoms with E-state index >= 15 is 0 Å². The maximum atomic E-state index is 12.6. The molecule has 138 valence electrons. The van der Waals surface area contributed by atoms with Crippen LogP contribution < -0.4 is 11.1 Å². The lowest BCUT2D eigenvalue weighted by Crippen LogP contribution is -2.38. The van der Waals surface area contributed by atoms with Crippen LogP contribution in [0.25, 0.3) is 0 Å². The number of nitrogens with two attached hydrogens (primary N) is 1. The first-order valence-corrected chi connectivity index (χ1v) is 10.3. The summed E-state index contributed by atoms with van der Waals surface area (Å²) in [6.45, 7) is 5.77. The molecule has 0 unspecified atom stereocenters. The Balaban J connectivity index is 2.00. The Labute approximate surface area is 154 Å². The average Bonchev–Trinajstić information content (AvgIpc) is 2.61. The third kappa shape index (κ3) is 5.47. The molecule has 1 aliphatic rings. The smallest absolute Gasteiger partial charge is 0.253 e. The van der Waals surface area contributed by atoms with Gasteiger partial charge in [0.2, 0.25) is 5.91 Å². The quantitative estimate of drug-likeness (QED) is 0.815. The van der Waals surface area contributed by atoms with Gasteiger partial charge in [-0.25, -0.2) is 0 Å². The maximum Gasteiger partial charge on any atom is 0.253 e. The van der Waals surface area contributed by atoms with Crippen LogP contribution in [0.15, 0.2) is 18.2 Å². The minimum Gasteiger partial charge on any atom is -0.339 e. The Kier molecular flexibility index (Phi) is 7.32. The summed E-state index contributed by atoms with van der Waals surface area (Å²) in [5.41, 5.74) is 8.17. The van der Waals surface area contributed by atoms with Crippen molar-refractivity contribution in [1.29, 1.82) is 0 Å². The fourth-order valence-corrected chi connectivity index (χ4v) is 3.42. The van der Waals surface area contributed by atoms with Gasteiger partial charge in [-0.05, 0) is 67.9 Å². The number of aryl methyl sites for hydroxylation is 1. The van der Waals surface area contributed by atoms with E-state index < -0.39 is 6.04 Å². The number of benzene rings is 1. The Bertz CT molecular complexity index is 613. The van der Waals surface area contributed by atoms with Crippen molar-refractivity contribution in [1.82, 2.24) is 4.90 Å². The van der Waals surface area contributed by atoms with Crippen molar-refractivity contribution in [2.45, 2.75) is 39.2 Å². The molecule has 1 aliphatic heterocycles. The number of piperidine rings is 1. The van der Waals surface area contributed by atoms with E-state index in [0.29, 0.717) is 23.6 Å². The number of nitrogens with one attached hydrogen (secondary N) is 1. The summed E-state index contributed by atoms with van der Waals surface area (Å²) in [5.74, 6) is 1.44. The standard InChI is InChI=1S/C19H29N3O2S/c1-13-6-9-22(10-7-13)19(24)15-4-5-17(14(2)12-15)21-18(23)16(20)8-11-25-3/h4-5,12-13,16H,6-11,20H2,1-3H3,(H,21,23)/t16-/m0/s1. The van der Waals surface area contributed by atoms with Crippen molar-refractivity contribution in [2.24, 2.45) is 11.7 Å². The van der Waals surface area contributed by atoms with Crippen LogP contribution in [-0.4, -0.2) is 47.9 Å². The number of likely N-dealkylation sites (tertiary alicyclic amines) is 1. The molecule has 2 rings (SSSR count). The lowest BCUT2D eigenvalue weighted by Gasteiger charge is -2.30. The molecule has 1 saturated heterocycles. The number of anilines is 1. The third-order valence-electron chi connectivity index (χ3n) is 4.77. The summed E-state index contributed by atoms with van der Waals surface area (Å²) in [6.07, 6.45) is 4.77. The molecule has 0 spiro atoms. The van der Waals surface area contributed by atoms with Gasteiger partial charge in [0, 0.05) is 24.3 Å². The van der Waals surface area contributed by atoms with Crippen LogP contribution in [-0.2, 0) is 4.79 Å². The zero-order chi connectivity index (χ0) is 18.4. The lowest BCUT2D eigenvalue weighted by molar-refractivity contribution is -0.117. The van der Waals surface area contributed by atoms with Crippen molar-refractivity contribution in [2.75, 3.05) is 30.4 Å². The number of carbonyl (C=O) groups is 2. The first kappa shape index (κ1) is 19.8. The van der Waals surface area contributed by atoms with Crippen LogP contribution in [0, 0.1) is 12.8 Å². The van der Waals surface area contributed by atoms with Crippen LogP contribution >= 0.6 is 11.8 Å². The molecule has 3 N–H and O–H groups in total. The average molecular weight is 364 g/mol. The zero-order valence-corrected chi connectivity index (χ0v) is 16.2. The molecule has 6 heteroatoms.